The van der Waals surface area contributed by atoms with Gasteiger partial charge in [-0.1, -0.05) is 0 Å². The molecule has 0 saturated heterocycles. The van der Waals surface area contributed by atoms with Gasteiger partial charge in [0.2, 0.25) is 5.91 Å². The quantitative estimate of drug-likeness (QED) is 0.510. The summed E-state index contributed by atoms with van der Waals surface area (Å²) in [6.07, 6.45) is 1.47. The maximum atomic E-state index is 14.6. The largest absolute Gasteiger partial charge is 0.497 e. The smallest absolute Gasteiger partial charge is 0.272 e. The van der Waals surface area contributed by atoms with Crippen LogP contribution in [-0.2, 0) is 4.79 Å². The highest BCUT2D eigenvalue weighted by atomic mass is 19.1. The molecule has 0 aliphatic carbocycles. The summed E-state index contributed by atoms with van der Waals surface area (Å²) < 4.78 is 35.0. The predicted octanol–water partition coefficient (Wildman–Crippen LogP) is 3.79. The van der Waals surface area contributed by atoms with Gasteiger partial charge in [0, 0.05) is 23.5 Å². The van der Waals surface area contributed by atoms with Crippen LogP contribution in [0, 0.1) is 18.6 Å². The molecule has 1 aliphatic rings. The van der Waals surface area contributed by atoms with E-state index in [1.807, 2.05) is 12.1 Å². The molecule has 2 aromatic carbocycles. The Kier molecular flexibility index (Phi) is 5.04. The number of methoxy groups -OCH3 is 1. The Hall–Kier alpha value is -4.21. The fourth-order valence-electron chi connectivity index (χ4n) is 4.02. The predicted molar refractivity (Wildman–Crippen MR) is 115 cm³/mol. The molecule has 4 aromatic rings. The number of amides is 1. The van der Waals surface area contributed by atoms with E-state index in [4.69, 9.17) is 4.74 Å². The van der Waals surface area contributed by atoms with E-state index in [9.17, 15) is 13.6 Å². The van der Waals surface area contributed by atoms with Gasteiger partial charge in [0.05, 0.1) is 24.7 Å². The molecule has 5 rings (SSSR count). The number of nitrogens with zero attached hydrogens (tertiary/aromatic N) is 5. The first-order valence-electron chi connectivity index (χ1n) is 10.1. The van der Waals surface area contributed by atoms with Crippen molar-refractivity contribution in [3.05, 3.63) is 77.1 Å². The molecule has 10 heteroatoms. The van der Waals surface area contributed by atoms with Crippen molar-refractivity contribution in [2.75, 3.05) is 12.4 Å². The normalized spacial score (nSPS) is 15.2. The molecular weight excluding hydrogens is 430 g/mol. The highest BCUT2D eigenvalue weighted by Crippen LogP contribution is 2.41. The van der Waals surface area contributed by atoms with Gasteiger partial charge in [0.25, 0.3) is 5.95 Å². The van der Waals surface area contributed by atoms with E-state index >= 15 is 0 Å². The second-order valence-electron chi connectivity index (χ2n) is 7.60. The van der Waals surface area contributed by atoms with Crippen LogP contribution >= 0.6 is 0 Å². The van der Waals surface area contributed by atoms with Crippen LogP contribution in [0.1, 0.15) is 29.2 Å². The first-order valence-corrected chi connectivity index (χ1v) is 10.1. The highest BCUT2D eigenvalue weighted by molar-refractivity contribution is 5.95. The van der Waals surface area contributed by atoms with Gasteiger partial charge in [-0.25, -0.2) is 13.8 Å². The molecule has 166 valence electrons. The summed E-state index contributed by atoms with van der Waals surface area (Å²) in [6, 6.07) is 10.5. The minimum atomic E-state index is -0.698. The van der Waals surface area contributed by atoms with E-state index in [1.165, 1.54) is 10.9 Å². The standard InChI is InChI=1S/C23H18F2N6O2/c1-12-21-17(16-9-14(24)5-8-18(16)25)10-20(32)28-22(21)31(30-12)23-27-19(11-26-29-23)13-3-6-15(33-2)7-4-13/h3-9,11,17H,10H2,1-2H3,(H,28,32)/t17-/m0/s1. The summed E-state index contributed by atoms with van der Waals surface area (Å²) >= 11 is 0. The Bertz CT molecular complexity index is 1370. The number of ether oxygens (including phenoxy) is 1. The number of carbonyl (C=O) groups is 1. The number of rotatable bonds is 4. The van der Waals surface area contributed by atoms with Gasteiger partial charge in [-0.2, -0.15) is 14.9 Å². The summed E-state index contributed by atoms with van der Waals surface area (Å²) in [5.41, 5.74) is 2.54. The van der Waals surface area contributed by atoms with Gasteiger partial charge in [-0.3, -0.25) is 4.79 Å². The maximum absolute atomic E-state index is 14.6. The molecule has 1 amide bonds. The van der Waals surface area contributed by atoms with Crippen LogP contribution < -0.4 is 10.1 Å². The third kappa shape index (κ3) is 3.69. The summed E-state index contributed by atoms with van der Waals surface area (Å²) in [5.74, 6) is -1.07. The molecule has 2 aromatic heterocycles. The lowest BCUT2D eigenvalue weighted by molar-refractivity contribution is -0.116. The summed E-state index contributed by atoms with van der Waals surface area (Å²) in [6.45, 7) is 1.73. The zero-order valence-electron chi connectivity index (χ0n) is 17.7. The van der Waals surface area contributed by atoms with Gasteiger partial charge >= 0.3 is 0 Å². The Morgan fingerprint density at radius 3 is 2.70 bits per heavy atom. The number of halogens is 2. The van der Waals surface area contributed by atoms with Gasteiger partial charge in [-0.05, 0) is 55.0 Å². The molecule has 0 fully saturated rings. The molecule has 0 saturated carbocycles. The van der Waals surface area contributed by atoms with E-state index in [1.54, 1.807) is 26.2 Å². The van der Waals surface area contributed by atoms with Crippen molar-refractivity contribution in [1.82, 2.24) is 25.0 Å². The fourth-order valence-corrected chi connectivity index (χ4v) is 4.02. The second-order valence-corrected chi connectivity index (χ2v) is 7.60. The number of aromatic nitrogens is 5. The monoisotopic (exact) mass is 448 g/mol. The molecule has 3 heterocycles. The molecule has 0 bridgehead atoms. The molecule has 0 spiro atoms. The van der Waals surface area contributed by atoms with Gasteiger partial charge in [0.1, 0.15) is 23.2 Å². The zero-order chi connectivity index (χ0) is 23.1. The number of nitrogens with one attached hydrogen (secondary N) is 1. The molecule has 33 heavy (non-hydrogen) atoms. The number of hydrogen-bond donors (Lipinski definition) is 1. The van der Waals surface area contributed by atoms with Crippen molar-refractivity contribution >= 4 is 11.7 Å². The van der Waals surface area contributed by atoms with Gasteiger partial charge < -0.3 is 10.1 Å². The van der Waals surface area contributed by atoms with Crippen LogP contribution in [0.2, 0.25) is 0 Å². The van der Waals surface area contributed by atoms with Crippen LogP contribution in [0.15, 0.2) is 48.7 Å². The van der Waals surface area contributed by atoms with Crippen molar-refractivity contribution < 1.29 is 18.3 Å². The van der Waals surface area contributed by atoms with E-state index in [-0.39, 0.29) is 23.8 Å². The number of hydrogen-bond acceptors (Lipinski definition) is 6. The first kappa shape index (κ1) is 20.7. The Morgan fingerprint density at radius 1 is 1.15 bits per heavy atom. The Balaban J connectivity index is 1.61. The number of anilines is 1. The van der Waals surface area contributed by atoms with E-state index in [2.05, 4.69) is 25.6 Å². The van der Waals surface area contributed by atoms with Crippen LogP contribution in [0.25, 0.3) is 17.2 Å². The van der Waals surface area contributed by atoms with E-state index < -0.39 is 17.6 Å². The van der Waals surface area contributed by atoms with Crippen LogP contribution in [0.5, 0.6) is 5.75 Å². The van der Waals surface area contributed by atoms with Crippen molar-refractivity contribution in [3.8, 4) is 23.0 Å². The molecule has 1 N–H and O–H groups in total. The first-order chi connectivity index (χ1) is 15.9. The Labute approximate surface area is 187 Å². The lowest BCUT2D eigenvalue weighted by Crippen LogP contribution is -2.25. The van der Waals surface area contributed by atoms with Gasteiger partial charge in [0.15, 0.2) is 0 Å². The molecule has 1 atom stereocenters. The van der Waals surface area contributed by atoms with Crippen molar-refractivity contribution in [2.45, 2.75) is 19.3 Å². The third-order valence-corrected chi connectivity index (χ3v) is 5.56. The average Bonchev–Trinajstić information content (AvgIpc) is 3.16. The fraction of sp³-hybridized carbons (Fsp3) is 0.174. The number of carbonyl (C=O) groups excluding carboxylic acids is 1. The molecular formula is C23H18F2N6O2. The van der Waals surface area contributed by atoms with Crippen molar-refractivity contribution in [2.24, 2.45) is 0 Å². The molecule has 1 aliphatic heterocycles. The molecule has 8 nitrogen and oxygen atoms in total. The topological polar surface area (TPSA) is 94.8 Å². The highest BCUT2D eigenvalue weighted by Gasteiger charge is 2.34. The third-order valence-electron chi connectivity index (χ3n) is 5.56. The summed E-state index contributed by atoms with van der Waals surface area (Å²) in [4.78, 5) is 17.1. The average molecular weight is 448 g/mol. The minimum Gasteiger partial charge on any atom is -0.497 e. The lowest BCUT2D eigenvalue weighted by Gasteiger charge is -2.24. The molecule has 0 radical (unpaired) electrons. The Morgan fingerprint density at radius 2 is 1.94 bits per heavy atom. The number of aryl methyl sites for hydroxylation is 1. The minimum absolute atomic E-state index is 0.0368. The SMILES string of the molecule is COc1ccc(-c2cnnc(-n3nc(C)c4c3NC(=O)C[C@H]4c3cc(F)ccc3F)n2)cc1. The van der Waals surface area contributed by atoms with Gasteiger partial charge in [-0.15, -0.1) is 5.10 Å². The van der Waals surface area contributed by atoms with E-state index in [0.717, 1.165) is 23.8 Å². The summed E-state index contributed by atoms with van der Waals surface area (Å²) in [7, 11) is 1.58. The van der Waals surface area contributed by atoms with Crippen LogP contribution in [0.3, 0.4) is 0 Å². The zero-order valence-corrected chi connectivity index (χ0v) is 17.7. The second kappa shape index (κ2) is 8.05. The number of fused-ring (bicyclic) bond motifs is 1. The van der Waals surface area contributed by atoms with Crippen molar-refractivity contribution in [3.63, 3.8) is 0 Å². The maximum Gasteiger partial charge on any atom is 0.272 e. The van der Waals surface area contributed by atoms with E-state index in [0.29, 0.717) is 28.5 Å². The van der Waals surface area contributed by atoms with Crippen LogP contribution in [-0.4, -0.2) is 38.0 Å². The lowest BCUT2D eigenvalue weighted by atomic mass is 9.85. The van der Waals surface area contributed by atoms with Crippen LogP contribution in [0.4, 0.5) is 14.6 Å². The molecule has 0 unspecified atom stereocenters. The number of benzene rings is 2. The van der Waals surface area contributed by atoms with Crippen molar-refractivity contribution in [1.29, 1.82) is 0 Å². The summed E-state index contributed by atoms with van der Waals surface area (Å²) in [5, 5.41) is 15.4.